The van der Waals surface area contributed by atoms with Crippen molar-refractivity contribution in [3.8, 4) is 0 Å². The molecule has 0 aliphatic carbocycles. The second kappa shape index (κ2) is 8.87. The van der Waals surface area contributed by atoms with Crippen molar-refractivity contribution in [1.82, 2.24) is 9.13 Å². The highest BCUT2D eigenvalue weighted by Crippen LogP contribution is 2.05. The van der Waals surface area contributed by atoms with Gasteiger partial charge in [-0.1, -0.05) is 60.7 Å². The van der Waals surface area contributed by atoms with Crippen LogP contribution in [0.1, 0.15) is 21.5 Å². The van der Waals surface area contributed by atoms with Crippen molar-refractivity contribution >= 4 is 11.8 Å². The van der Waals surface area contributed by atoms with Gasteiger partial charge in [0.15, 0.2) is 5.78 Å². The van der Waals surface area contributed by atoms with E-state index in [0.29, 0.717) is 11.6 Å². The highest BCUT2D eigenvalue weighted by molar-refractivity contribution is 6.07. The standard InChI is InChI=1S/C22H18N2O6/c25-18(11-19(26)21(28)29)17-14-23(12-15-7-3-1-4-8-15)22(30)24(20(17)27)13-16-9-5-2-6-10-16/h1-11,14,26H,12-13H2,(H,28,29)/b19-11-. The minimum Gasteiger partial charge on any atom is -0.502 e. The monoisotopic (exact) mass is 406 g/mol. The number of aliphatic hydroxyl groups is 1. The number of allylic oxidation sites excluding steroid dienone is 1. The van der Waals surface area contributed by atoms with Gasteiger partial charge in [-0.05, 0) is 11.1 Å². The van der Waals surface area contributed by atoms with Crippen LogP contribution in [0.15, 0.2) is 88.3 Å². The lowest BCUT2D eigenvalue weighted by Gasteiger charge is -2.12. The number of nitrogens with zero attached hydrogens (tertiary/aromatic N) is 2. The fourth-order valence-electron chi connectivity index (χ4n) is 2.89. The van der Waals surface area contributed by atoms with Gasteiger partial charge in [-0.2, -0.15) is 0 Å². The van der Waals surface area contributed by atoms with Gasteiger partial charge in [-0.15, -0.1) is 0 Å². The maximum absolute atomic E-state index is 13.0. The summed E-state index contributed by atoms with van der Waals surface area (Å²) in [6, 6.07) is 17.7. The highest BCUT2D eigenvalue weighted by atomic mass is 16.4. The zero-order chi connectivity index (χ0) is 21.7. The van der Waals surface area contributed by atoms with Gasteiger partial charge < -0.3 is 10.2 Å². The number of benzene rings is 2. The van der Waals surface area contributed by atoms with Gasteiger partial charge >= 0.3 is 11.7 Å². The van der Waals surface area contributed by atoms with Crippen LogP contribution in [0.5, 0.6) is 0 Å². The van der Waals surface area contributed by atoms with Crippen LogP contribution in [0, 0.1) is 0 Å². The topological polar surface area (TPSA) is 119 Å². The Kier molecular flexibility index (Phi) is 6.07. The Morgan fingerprint density at radius 3 is 1.90 bits per heavy atom. The van der Waals surface area contributed by atoms with Crippen LogP contribution in [0.4, 0.5) is 0 Å². The number of rotatable bonds is 7. The summed E-state index contributed by atoms with van der Waals surface area (Å²) in [5.74, 6) is -3.91. The molecule has 152 valence electrons. The SMILES string of the molecule is O=C(O)/C(O)=C/C(=O)c1cn(Cc2ccccc2)c(=O)n(Cc2ccccc2)c1=O. The Morgan fingerprint density at radius 2 is 1.37 bits per heavy atom. The van der Waals surface area contributed by atoms with E-state index in [2.05, 4.69) is 0 Å². The molecule has 30 heavy (non-hydrogen) atoms. The number of carbonyl (C=O) groups excluding carboxylic acids is 1. The van der Waals surface area contributed by atoms with E-state index in [9.17, 15) is 24.3 Å². The van der Waals surface area contributed by atoms with Crippen molar-refractivity contribution in [3.63, 3.8) is 0 Å². The summed E-state index contributed by atoms with van der Waals surface area (Å²) in [4.78, 5) is 49.1. The van der Waals surface area contributed by atoms with E-state index in [0.717, 1.165) is 16.3 Å². The predicted octanol–water partition coefficient (Wildman–Crippen LogP) is 1.82. The first-order valence-corrected chi connectivity index (χ1v) is 8.97. The number of aromatic nitrogens is 2. The molecule has 0 aliphatic rings. The van der Waals surface area contributed by atoms with Crippen molar-refractivity contribution in [2.75, 3.05) is 0 Å². The van der Waals surface area contributed by atoms with Gasteiger partial charge in [-0.25, -0.2) is 9.59 Å². The van der Waals surface area contributed by atoms with Gasteiger partial charge in [0.2, 0.25) is 5.76 Å². The van der Waals surface area contributed by atoms with E-state index in [4.69, 9.17) is 5.11 Å². The van der Waals surface area contributed by atoms with E-state index >= 15 is 0 Å². The minimum atomic E-state index is -1.70. The molecule has 0 aliphatic heterocycles. The van der Waals surface area contributed by atoms with Gasteiger partial charge in [0, 0.05) is 12.3 Å². The molecule has 3 aromatic rings. The number of carboxylic acids is 1. The van der Waals surface area contributed by atoms with Crippen LogP contribution < -0.4 is 11.2 Å². The Hall–Kier alpha value is -4.20. The van der Waals surface area contributed by atoms with Gasteiger partial charge in [0.05, 0.1) is 13.1 Å². The summed E-state index contributed by atoms with van der Waals surface area (Å²) in [7, 11) is 0. The molecule has 0 saturated carbocycles. The van der Waals surface area contributed by atoms with Crippen molar-refractivity contribution < 1.29 is 19.8 Å². The van der Waals surface area contributed by atoms with Crippen molar-refractivity contribution in [3.05, 3.63) is 116 Å². The molecule has 1 aromatic heterocycles. The number of ketones is 1. The number of hydrogen-bond donors (Lipinski definition) is 2. The number of aliphatic hydroxyl groups excluding tert-OH is 1. The summed E-state index contributed by atoms with van der Waals surface area (Å²) in [5.41, 5.74) is -0.458. The number of carbonyl (C=O) groups is 2. The summed E-state index contributed by atoms with van der Waals surface area (Å²) in [5, 5.41) is 18.2. The molecule has 3 rings (SSSR count). The Bertz CT molecular complexity index is 1220. The molecule has 0 radical (unpaired) electrons. The van der Waals surface area contributed by atoms with Gasteiger partial charge in [-0.3, -0.25) is 18.7 Å². The van der Waals surface area contributed by atoms with E-state index in [1.165, 1.54) is 4.57 Å². The smallest absolute Gasteiger partial charge is 0.371 e. The summed E-state index contributed by atoms with van der Waals surface area (Å²) < 4.78 is 2.12. The zero-order valence-electron chi connectivity index (χ0n) is 15.8. The number of carboxylic acid groups (broad SMARTS) is 1. The van der Waals surface area contributed by atoms with Crippen LogP contribution in [0.25, 0.3) is 0 Å². The largest absolute Gasteiger partial charge is 0.502 e. The molecule has 0 unspecified atom stereocenters. The molecule has 0 atom stereocenters. The molecule has 0 fully saturated rings. The van der Waals surface area contributed by atoms with Crippen LogP contribution in [0.2, 0.25) is 0 Å². The third-order valence-electron chi connectivity index (χ3n) is 4.37. The Morgan fingerprint density at radius 1 is 0.833 bits per heavy atom. The molecule has 0 saturated heterocycles. The Balaban J connectivity index is 2.15. The Labute approximate surface area is 170 Å². The highest BCUT2D eigenvalue weighted by Gasteiger charge is 2.18. The molecule has 2 N–H and O–H groups in total. The van der Waals surface area contributed by atoms with E-state index in [1.807, 2.05) is 6.07 Å². The van der Waals surface area contributed by atoms with E-state index in [1.54, 1.807) is 54.6 Å². The molecular formula is C22H18N2O6. The normalized spacial score (nSPS) is 11.3. The average Bonchev–Trinajstić information content (AvgIpc) is 2.74. The average molecular weight is 406 g/mol. The third-order valence-corrected chi connectivity index (χ3v) is 4.37. The minimum absolute atomic E-state index is 0.0664. The lowest BCUT2D eigenvalue weighted by molar-refractivity contribution is -0.135. The van der Waals surface area contributed by atoms with Crippen LogP contribution in [-0.4, -0.2) is 31.1 Å². The molecule has 8 nitrogen and oxygen atoms in total. The first kappa shape index (κ1) is 20.5. The van der Waals surface area contributed by atoms with Crippen LogP contribution >= 0.6 is 0 Å². The maximum Gasteiger partial charge on any atom is 0.371 e. The van der Waals surface area contributed by atoms with Gasteiger partial charge in [0.1, 0.15) is 5.56 Å². The lowest BCUT2D eigenvalue weighted by Crippen LogP contribution is -2.42. The van der Waals surface area contributed by atoms with Crippen molar-refractivity contribution in [2.45, 2.75) is 13.1 Å². The molecule has 0 spiro atoms. The maximum atomic E-state index is 13.0. The number of hydrogen-bond acceptors (Lipinski definition) is 5. The zero-order valence-corrected chi connectivity index (χ0v) is 15.8. The van der Waals surface area contributed by atoms with E-state index in [-0.39, 0.29) is 13.1 Å². The fraction of sp³-hybridized carbons (Fsp3) is 0.0909. The van der Waals surface area contributed by atoms with Gasteiger partial charge in [0.25, 0.3) is 5.56 Å². The second-order valence-electron chi connectivity index (χ2n) is 6.51. The second-order valence-corrected chi connectivity index (χ2v) is 6.51. The molecule has 1 heterocycles. The molecule has 0 amide bonds. The summed E-state index contributed by atoms with van der Waals surface area (Å²) in [6.45, 7) is 0.0344. The molecular weight excluding hydrogens is 388 g/mol. The first-order chi connectivity index (χ1) is 14.4. The van der Waals surface area contributed by atoms with Crippen molar-refractivity contribution in [1.29, 1.82) is 0 Å². The van der Waals surface area contributed by atoms with Crippen LogP contribution in [0.3, 0.4) is 0 Å². The molecule has 8 heteroatoms. The number of aliphatic carboxylic acids is 1. The predicted molar refractivity (Wildman–Crippen MR) is 109 cm³/mol. The summed E-state index contributed by atoms with van der Waals surface area (Å²) >= 11 is 0. The lowest BCUT2D eigenvalue weighted by atomic mass is 10.1. The fourth-order valence-corrected chi connectivity index (χ4v) is 2.89. The molecule has 2 aromatic carbocycles. The van der Waals surface area contributed by atoms with E-state index < -0.39 is 34.3 Å². The molecule has 0 bridgehead atoms. The third kappa shape index (κ3) is 4.61. The summed E-state index contributed by atoms with van der Waals surface area (Å²) in [6.07, 6.45) is 1.54. The van der Waals surface area contributed by atoms with Crippen LogP contribution in [-0.2, 0) is 17.9 Å². The van der Waals surface area contributed by atoms with Crippen molar-refractivity contribution in [2.24, 2.45) is 0 Å². The quantitative estimate of drug-likeness (QED) is 0.351. The first-order valence-electron chi connectivity index (χ1n) is 8.97.